The number of likely N-dealkylation sites (N-methyl/N-ethyl adjacent to an activating group) is 1. The van der Waals surface area contributed by atoms with Gasteiger partial charge in [0, 0.05) is 30.3 Å². The molecule has 2 heterocycles. The lowest BCUT2D eigenvalue weighted by Crippen LogP contribution is -2.46. The lowest BCUT2D eigenvalue weighted by atomic mass is 10.0. The first-order valence-corrected chi connectivity index (χ1v) is 11.3. The number of rotatable bonds is 8. The normalized spacial score (nSPS) is 15.2. The molecule has 1 aromatic carbocycles. The van der Waals surface area contributed by atoms with Crippen molar-refractivity contribution in [3.8, 4) is 0 Å². The minimum Gasteiger partial charge on any atom is -0.379 e. The van der Waals surface area contributed by atoms with E-state index in [0.29, 0.717) is 11.5 Å². The van der Waals surface area contributed by atoms with Gasteiger partial charge in [-0.2, -0.15) is 0 Å². The highest BCUT2D eigenvalue weighted by molar-refractivity contribution is 7.13. The average molecular weight is 430 g/mol. The zero-order valence-corrected chi connectivity index (χ0v) is 18.8. The van der Waals surface area contributed by atoms with Crippen molar-refractivity contribution in [2.75, 3.05) is 38.7 Å². The van der Waals surface area contributed by atoms with Crippen LogP contribution in [-0.2, 0) is 22.4 Å². The average Bonchev–Trinajstić information content (AvgIpc) is 3.08. The van der Waals surface area contributed by atoms with Gasteiger partial charge in [0.05, 0.1) is 11.5 Å². The summed E-state index contributed by atoms with van der Waals surface area (Å²) in [5.41, 5.74) is 3.36. The molecule has 0 spiro atoms. The van der Waals surface area contributed by atoms with Crippen LogP contribution in [0.1, 0.15) is 39.0 Å². The third-order valence-corrected chi connectivity index (χ3v) is 6.22. The predicted molar refractivity (Wildman–Crippen MR) is 121 cm³/mol. The molecule has 1 unspecified atom stereocenters. The Morgan fingerprint density at radius 2 is 1.93 bits per heavy atom. The minimum atomic E-state index is -0.753. The molecule has 6 nitrogen and oxygen atoms in total. The summed E-state index contributed by atoms with van der Waals surface area (Å²) < 4.78 is 5.59. The van der Waals surface area contributed by atoms with Crippen molar-refractivity contribution in [1.82, 2.24) is 10.2 Å². The summed E-state index contributed by atoms with van der Waals surface area (Å²) in [6.45, 7) is 6.70. The van der Waals surface area contributed by atoms with E-state index in [1.807, 2.05) is 26.0 Å². The maximum absolute atomic E-state index is 13.0. The molecule has 1 atom stereocenters. The Morgan fingerprint density at radius 1 is 1.17 bits per heavy atom. The fourth-order valence-electron chi connectivity index (χ4n) is 3.46. The van der Waals surface area contributed by atoms with Gasteiger partial charge in [0.1, 0.15) is 6.04 Å². The quantitative estimate of drug-likeness (QED) is 0.632. The Labute approximate surface area is 182 Å². The summed E-state index contributed by atoms with van der Waals surface area (Å²) in [5, 5.41) is 5.80. The van der Waals surface area contributed by atoms with E-state index in [1.165, 1.54) is 22.5 Å². The van der Waals surface area contributed by atoms with E-state index < -0.39 is 6.04 Å². The maximum atomic E-state index is 13.0. The molecule has 3 rings (SSSR count). The standard InChI is InChI=1S/C23H31N3O3S/c1-4-13-29-15-20(25-23(28)21-8-5-16(2)30-21)22(27)24-19-7-6-17-9-11-26(3)12-10-18(17)14-19/h5-8,14,20H,4,9-13,15H2,1-3H3,(H,24,27)(H,25,28). The number of thiophene rings is 1. The van der Waals surface area contributed by atoms with Crippen LogP contribution >= 0.6 is 11.3 Å². The number of nitrogens with one attached hydrogen (secondary N) is 2. The molecule has 2 aromatic rings. The molecule has 0 bridgehead atoms. The number of fused-ring (bicyclic) bond motifs is 1. The van der Waals surface area contributed by atoms with E-state index in [4.69, 9.17) is 4.74 Å². The van der Waals surface area contributed by atoms with Gasteiger partial charge >= 0.3 is 0 Å². The van der Waals surface area contributed by atoms with E-state index >= 15 is 0 Å². The van der Waals surface area contributed by atoms with Crippen LogP contribution in [-0.4, -0.2) is 56.1 Å². The number of nitrogens with zero attached hydrogens (tertiary/aromatic N) is 1. The number of amides is 2. The third-order valence-electron chi connectivity index (χ3n) is 5.22. The zero-order valence-electron chi connectivity index (χ0n) is 18.0. The highest BCUT2D eigenvalue weighted by Gasteiger charge is 2.23. The largest absolute Gasteiger partial charge is 0.379 e. The van der Waals surface area contributed by atoms with Crippen molar-refractivity contribution in [3.63, 3.8) is 0 Å². The van der Waals surface area contributed by atoms with Crippen molar-refractivity contribution in [1.29, 1.82) is 0 Å². The molecule has 1 aliphatic rings. The number of carbonyl (C=O) groups is 2. The number of carbonyl (C=O) groups excluding carboxylic acids is 2. The topological polar surface area (TPSA) is 70.7 Å². The van der Waals surface area contributed by atoms with E-state index in [0.717, 1.165) is 42.9 Å². The summed E-state index contributed by atoms with van der Waals surface area (Å²) >= 11 is 1.41. The number of hydrogen-bond acceptors (Lipinski definition) is 5. The van der Waals surface area contributed by atoms with Crippen molar-refractivity contribution in [2.45, 2.75) is 39.2 Å². The van der Waals surface area contributed by atoms with E-state index in [2.05, 4.69) is 34.7 Å². The number of ether oxygens (including phenoxy) is 1. The molecule has 1 aromatic heterocycles. The first-order valence-electron chi connectivity index (χ1n) is 10.5. The number of benzene rings is 1. The van der Waals surface area contributed by atoms with Gasteiger partial charge in [-0.1, -0.05) is 13.0 Å². The molecule has 2 N–H and O–H groups in total. The monoisotopic (exact) mass is 429 g/mol. The first-order chi connectivity index (χ1) is 14.5. The lowest BCUT2D eigenvalue weighted by Gasteiger charge is -2.19. The Balaban J connectivity index is 1.68. The molecule has 162 valence electrons. The molecule has 1 aliphatic heterocycles. The van der Waals surface area contributed by atoms with Gasteiger partial charge in [-0.3, -0.25) is 9.59 Å². The van der Waals surface area contributed by atoms with Crippen molar-refractivity contribution in [3.05, 3.63) is 51.2 Å². The fourth-order valence-corrected chi connectivity index (χ4v) is 4.23. The Kier molecular flexibility index (Phi) is 8.01. The third kappa shape index (κ3) is 6.14. The number of anilines is 1. The van der Waals surface area contributed by atoms with Crippen LogP contribution in [0.25, 0.3) is 0 Å². The fraction of sp³-hybridized carbons (Fsp3) is 0.478. The molecule has 0 saturated carbocycles. The Morgan fingerprint density at radius 3 is 2.63 bits per heavy atom. The van der Waals surface area contributed by atoms with Crippen LogP contribution < -0.4 is 10.6 Å². The smallest absolute Gasteiger partial charge is 0.262 e. The van der Waals surface area contributed by atoms with Crippen LogP contribution in [0.4, 0.5) is 5.69 Å². The minimum absolute atomic E-state index is 0.144. The number of aryl methyl sites for hydroxylation is 1. The lowest BCUT2D eigenvalue weighted by molar-refractivity contribution is -0.119. The molecular formula is C23H31N3O3S. The zero-order chi connectivity index (χ0) is 21.5. The van der Waals surface area contributed by atoms with Crippen molar-refractivity contribution in [2.24, 2.45) is 0 Å². The highest BCUT2D eigenvalue weighted by atomic mass is 32.1. The predicted octanol–water partition coefficient (Wildman–Crippen LogP) is 3.25. The SMILES string of the molecule is CCCOCC(NC(=O)c1ccc(C)s1)C(=O)Nc1ccc2c(c1)CCN(C)CC2. The molecule has 0 saturated heterocycles. The van der Waals surface area contributed by atoms with Crippen LogP contribution in [0.3, 0.4) is 0 Å². The second-order valence-corrected chi connectivity index (χ2v) is 9.08. The van der Waals surface area contributed by atoms with Gasteiger partial charge in [0.25, 0.3) is 5.91 Å². The van der Waals surface area contributed by atoms with Crippen molar-refractivity contribution >= 4 is 28.8 Å². The van der Waals surface area contributed by atoms with Gasteiger partial charge in [-0.15, -0.1) is 11.3 Å². The molecule has 7 heteroatoms. The molecule has 0 radical (unpaired) electrons. The summed E-state index contributed by atoms with van der Waals surface area (Å²) in [6, 6.07) is 9.02. The number of hydrogen-bond donors (Lipinski definition) is 2. The van der Waals surface area contributed by atoms with Gasteiger partial charge in [-0.25, -0.2) is 0 Å². The summed E-state index contributed by atoms with van der Waals surface area (Å²) in [6.07, 6.45) is 2.84. The Bertz CT molecular complexity index is 880. The highest BCUT2D eigenvalue weighted by Crippen LogP contribution is 2.20. The molecule has 2 amide bonds. The van der Waals surface area contributed by atoms with Crippen LogP contribution in [0.15, 0.2) is 30.3 Å². The van der Waals surface area contributed by atoms with E-state index in [1.54, 1.807) is 6.07 Å². The van der Waals surface area contributed by atoms with Gasteiger partial charge < -0.3 is 20.3 Å². The molecule has 30 heavy (non-hydrogen) atoms. The second-order valence-electron chi connectivity index (χ2n) is 7.79. The summed E-state index contributed by atoms with van der Waals surface area (Å²) in [4.78, 5) is 29.5. The molecule has 0 fully saturated rings. The van der Waals surface area contributed by atoms with Gasteiger partial charge in [-0.05, 0) is 68.6 Å². The maximum Gasteiger partial charge on any atom is 0.262 e. The summed E-state index contributed by atoms with van der Waals surface area (Å²) in [5.74, 6) is -0.517. The van der Waals surface area contributed by atoms with Crippen LogP contribution in [0.2, 0.25) is 0 Å². The van der Waals surface area contributed by atoms with Crippen LogP contribution in [0.5, 0.6) is 0 Å². The van der Waals surface area contributed by atoms with E-state index in [9.17, 15) is 9.59 Å². The molecular weight excluding hydrogens is 398 g/mol. The second kappa shape index (κ2) is 10.7. The first kappa shape index (κ1) is 22.5. The van der Waals surface area contributed by atoms with E-state index in [-0.39, 0.29) is 18.4 Å². The Hall–Kier alpha value is -2.22. The molecule has 0 aliphatic carbocycles. The summed E-state index contributed by atoms with van der Waals surface area (Å²) in [7, 11) is 2.13. The van der Waals surface area contributed by atoms with Crippen molar-refractivity contribution < 1.29 is 14.3 Å². The van der Waals surface area contributed by atoms with Crippen LogP contribution in [0, 0.1) is 6.92 Å². The van der Waals surface area contributed by atoms with Gasteiger partial charge in [0.15, 0.2) is 0 Å². The van der Waals surface area contributed by atoms with Gasteiger partial charge in [0.2, 0.25) is 5.91 Å².